The van der Waals surface area contributed by atoms with E-state index in [4.69, 9.17) is 11.6 Å². The van der Waals surface area contributed by atoms with Crippen molar-refractivity contribution in [3.63, 3.8) is 0 Å². The van der Waals surface area contributed by atoms with Crippen LogP contribution in [0.3, 0.4) is 0 Å². The molecular formula is C21H32ClFIN5. The van der Waals surface area contributed by atoms with E-state index in [1.165, 1.54) is 23.4 Å². The second kappa shape index (κ2) is 10.6. The summed E-state index contributed by atoms with van der Waals surface area (Å²) in [6.07, 6.45) is 0.861. The molecule has 0 spiro atoms. The molecule has 0 aliphatic rings. The van der Waals surface area contributed by atoms with Gasteiger partial charge in [-0.2, -0.15) is 5.10 Å². The molecule has 0 aliphatic carbocycles. The lowest BCUT2D eigenvalue weighted by Gasteiger charge is -2.28. The molecule has 29 heavy (non-hydrogen) atoms. The largest absolute Gasteiger partial charge is 0.356 e. The first-order valence-corrected chi connectivity index (χ1v) is 9.84. The summed E-state index contributed by atoms with van der Waals surface area (Å²) >= 11 is 6.25. The molecule has 0 fully saturated rings. The van der Waals surface area contributed by atoms with Crippen LogP contribution < -0.4 is 10.6 Å². The fourth-order valence-electron chi connectivity index (χ4n) is 3.34. The highest BCUT2D eigenvalue weighted by molar-refractivity contribution is 14.0. The minimum absolute atomic E-state index is 0. The van der Waals surface area contributed by atoms with Crippen LogP contribution in [0.5, 0.6) is 0 Å². The van der Waals surface area contributed by atoms with Crippen LogP contribution in [0.4, 0.5) is 4.39 Å². The maximum Gasteiger partial charge on any atom is 0.191 e. The van der Waals surface area contributed by atoms with Crippen LogP contribution in [0.15, 0.2) is 23.2 Å². The average Bonchev–Trinajstić information content (AvgIpc) is 2.84. The standard InChI is InChI=1S/C21H31ClFN5.HI/c1-13(10-17-14(2)27-28(7)15(17)3)26-20(24-6)25-12-21(4,5)18-9-8-16(23)11-19(18)22;/h8-9,11,13H,10,12H2,1-7H3,(H2,24,25,26);1H. The van der Waals surface area contributed by atoms with Gasteiger partial charge < -0.3 is 10.6 Å². The van der Waals surface area contributed by atoms with E-state index in [0.29, 0.717) is 11.6 Å². The van der Waals surface area contributed by atoms with Gasteiger partial charge in [0.15, 0.2) is 5.96 Å². The molecular weight excluding hydrogens is 504 g/mol. The van der Waals surface area contributed by atoms with Gasteiger partial charge in [0, 0.05) is 42.8 Å². The SMILES string of the molecule is CN=C(NCC(C)(C)c1ccc(F)cc1Cl)NC(C)Cc1c(C)nn(C)c1C.I. The molecule has 0 saturated carbocycles. The molecule has 8 heteroatoms. The summed E-state index contributed by atoms with van der Waals surface area (Å²) in [6, 6.07) is 4.72. The maximum absolute atomic E-state index is 13.3. The number of hydrogen-bond donors (Lipinski definition) is 2. The van der Waals surface area contributed by atoms with E-state index in [1.807, 2.05) is 18.7 Å². The lowest BCUT2D eigenvalue weighted by Crippen LogP contribution is -2.47. The normalized spacial score (nSPS) is 13.1. The average molecular weight is 536 g/mol. The fourth-order valence-corrected chi connectivity index (χ4v) is 3.76. The van der Waals surface area contributed by atoms with Crippen LogP contribution in [-0.2, 0) is 18.9 Å². The molecule has 2 N–H and O–H groups in total. The smallest absolute Gasteiger partial charge is 0.191 e. The van der Waals surface area contributed by atoms with Crippen molar-refractivity contribution in [2.24, 2.45) is 12.0 Å². The van der Waals surface area contributed by atoms with Gasteiger partial charge in [0.2, 0.25) is 0 Å². The zero-order chi connectivity index (χ0) is 21.1. The number of rotatable bonds is 6. The van der Waals surface area contributed by atoms with E-state index in [0.717, 1.165) is 23.6 Å². The van der Waals surface area contributed by atoms with E-state index in [9.17, 15) is 4.39 Å². The Kier molecular flexibility index (Phi) is 9.40. The van der Waals surface area contributed by atoms with Gasteiger partial charge in [-0.25, -0.2) is 4.39 Å². The number of guanidine groups is 1. The topological polar surface area (TPSA) is 54.2 Å². The Morgan fingerprint density at radius 1 is 1.34 bits per heavy atom. The molecule has 1 aromatic heterocycles. The van der Waals surface area contributed by atoms with Crippen molar-refractivity contribution in [3.8, 4) is 0 Å². The molecule has 0 amide bonds. The lowest BCUT2D eigenvalue weighted by atomic mass is 9.84. The Bertz CT molecular complexity index is 863. The number of benzene rings is 1. The molecule has 0 radical (unpaired) electrons. The van der Waals surface area contributed by atoms with Crippen molar-refractivity contribution >= 4 is 41.5 Å². The van der Waals surface area contributed by atoms with Crippen molar-refractivity contribution in [2.75, 3.05) is 13.6 Å². The maximum atomic E-state index is 13.3. The molecule has 1 unspecified atom stereocenters. The number of aliphatic imine (C=N–C) groups is 1. The third-order valence-corrected chi connectivity index (χ3v) is 5.45. The molecule has 0 bridgehead atoms. The van der Waals surface area contributed by atoms with Crippen molar-refractivity contribution in [3.05, 3.63) is 51.6 Å². The van der Waals surface area contributed by atoms with Crippen molar-refractivity contribution in [1.82, 2.24) is 20.4 Å². The first kappa shape index (κ1) is 25.7. The molecule has 1 aromatic carbocycles. The number of halogens is 3. The fraction of sp³-hybridized carbons (Fsp3) is 0.524. The predicted octanol–water partition coefficient (Wildman–Crippen LogP) is 4.52. The van der Waals surface area contributed by atoms with Gasteiger partial charge in [0.05, 0.1) is 5.69 Å². The zero-order valence-electron chi connectivity index (χ0n) is 18.2. The van der Waals surface area contributed by atoms with Gasteiger partial charge in [-0.05, 0) is 50.5 Å². The van der Waals surface area contributed by atoms with Gasteiger partial charge in [-0.1, -0.05) is 31.5 Å². The second-order valence-electron chi connectivity index (χ2n) is 7.96. The summed E-state index contributed by atoms with van der Waals surface area (Å²) in [4.78, 5) is 4.33. The monoisotopic (exact) mass is 535 g/mol. The summed E-state index contributed by atoms with van der Waals surface area (Å²) in [5.41, 5.74) is 4.11. The van der Waals surface area contributed by atoms with Crippen LogP contribution in [0.1, 0.15) is 43.3 Å². The van der Waals surface area contributed by atoms with Gasteiger partial charge in [-0.15, -0.1) is 24.0 Å². The zero-order valence-corrected chi connectivity index (χ0v) is 21.3. The number of nitrogens with one attached hydrogen (secondary N) is 2. The molecule has 0 saturated heterocycles. The van der Waals surface area contributed by atoms with Gasteiger partial charge >= 0.3 is 0 Å². The van der Waals surface area contributed by atoms with Crippen molar-refractivity contribution < 1.29 is 4.39 Å². The summed E-state index contributed by atoms with van der Waals surface area (Å²) in [6.45, 7) is 11.0. The summed E-state index contributed by atoms with van der Waals surface area (Å²) in [7, 11) is 3.72. The van der Waals surface area contributed by atoms with E-state index >= 15 is 0 Å². The molecule has 1 heterocycles. The minimum Gasteiger partial charge on any atom is -0.356 e. The Morgan fingerprint density at radius 3 is 2.52 bits per heavy atom. The van der Waals surface area contributed by atoms with Crippen molar-refractivity contribution in [2.45, 2.75) is 52.5 Å². The number of hydrogen-bond acceptors (Lipinski definition) is 2. The molecule has 2 aromatic rings. The third-order valence-electron chi connectivity index (χ3n) is 5.13. The molecule has 5 nitrogen and oxygen atoms in total. The lowest BCUT2D eigenvalue weighted by molar-refractivity contribution is 0.503. The third kappa shape index (κ3) is 6.57. The van der Waals surface area contributed by atoms with E-state index in [2.05, 4.69) is 48.4 Å². The van der Waals surface area contributed by atoms with Crippen LogP contribution in [0, 0.1) is 19.7 Å². The highest BCUT2D eigenvalue weighted by Crippen LogP contribution is 2.29. The van der Waals surface area contributed by atoms with Crippen LogP contribution in [0.25, 0.3) is 0 Å². The van der Waals surface area contributed by atoms with Gasteiger partial charge in [-0.3, -0.25) is 9.67 Å². The quantitative estimate of drug-likeness (QED) is 0.325. The Labute approximate surface area is 195 Å². The van der Waals surface area contributed by atoms with Crippen molar-refractivity contribution in [1.29, 1.82) is 0 Å². The molecule has 1 atom stereocenters. The van der Waals surface area contributed by atoms with Crippen LogP contribution in [-0.4, -0.2) is 35.4 Å². The highest BCUT2D eigenvalue weighted by atomic mass is 127. The Balaban J connectivity index is 0.00000420. The van der Waals surface area contributed by atoms with Gasteiger partial charge in [0.1, 0.15) is 5.82 Å². The Hall–Kier alpha value is -1.35. The minimum atomic E-state index is -0.329. The predicted molar refractivity (Wildman–Crippen MR) is 130 cm³/mol. The molecule has 0 aliphatic heterocycles. The van der Waals surface area contributed by atoms with Crippen LogP contribution in [0.2, 0.25) is 5.02 Å². The molecule has 2 rings (SSSR count). The summed E-state index contributed by atoms with van der Waals surface area (Å²) in [5.74, 6) is 0.391. The van der Waals surface area contributed by atoms with E-state index in [-0.39, 0.29) is 41.3 Å². The number of aryl methyl sites for hydroxylation is 2. The second-order valence-corrected chi connectivity index (χ2v) is 8.36. The molecule has 162 valence electrons. The van der Waals surface area contributed by atoms with E-state index in [1.54, 1.807) is 13.1 Å². The first-order valence-electron chi connectivity index (χ1n) is 9.47. The number of aromatic nitrogens is 2. The highest BCUT2D eigenvalue weighted by Gasteiger charge is 2.24. The van der Waals surface area contributed by atoms with Gasteiger partial charge in [0.25, 0.3) is 0 Å². The summed E-state index contributed by atoms with van der Waals surface area (Å²) < 4.78 is 15.3. The summed E-state index contributed by atoms with van der Waals surface area (Å²) in [5, 5.41) is 11.7. The number of nitrogens with zero attached hydrogens (tertiary/aromatic N) is 3. The van der Waals surface area contributed by atoms with Crippen LogP contribution >= 0.6 is 35.6 Å². The first-order chi connectivity index (χ1) is 13.0. The van der Waals surface area contributed by atoms with E-state index < -0.39 is 0 Å². The Morgan fingerprint density at radius 2 is 2.00 bits per heavy atom.